The largest absolute Gasteiger partial charge is 0.497 e. The summed E-state index contributed by atoms with van der Waals surface area (Å²) in [6, 6.07) is 12.4. The van der Waals surface area contributed by atoms with Gasteiger partial charge in [0.2, 0.25) is 5.91 Å². The highest BCUT2D eigenvalue weighted by Crippen LogP contribution is 2.49. The number of ether oxygens (including phenoxy) is 1. The molecule has 136 valence electrons. The minimum absolute atomic E-state index is 0.126. The van der Waals surface area contributed by atoms with E-state index in [9.17, 15) is 9.59 Å². The van der Waals surface area contributed by atoms with E-state index in [-0.39, 0.29) is 17.6 Å². The van der Waals surface area contributed by atoms with Gasteiger partial charge in [-0.2, -0.15) is 10.2 Å². The molecular formula is C21H19N3O3. The van der Waals surface area contributed by atoms with Crippen molar-refractivity contribution in [3.8, 4) is 5.75 Å². The molecule has 6 nitrogen and oxygen atoms in total. The number of fused-ring (bicyclic) bond motifs is 3. The van der Waals surface area contributed by atoms with Crippen molar-refractivity contribution in [2.75, 3.05) is 12.4 Å². The van der Waals surface area contributed by atoms with Crippen LogP contribution < -0.4 is 10.1 Å². The number of azo groups is 1. The van der Waals surface area contributed by atoms with Crippen LogP contribution >= 0.6 is 0 Å². The second kappa shape index (κ2) is 6.46. The van der Waals surface area contributed by atoms with Crippen LogP contribution in [0.25, 0.3) is 5.70 Å². The molecule has 1 unspecified atom stereocenters. The summed E-state index contributed by atoms with van der Waals surface area (Å²) in [7, 11) is 1.60. The van der Waals surface area contributed by atoms with E-state index < -0.39 is 6.04 Å². The molecule has 2 aromatic carbocycles. The SMILES string of the molecule is COc1ccc(C2=C3C(=O)c4c(NC(=O)C(C)C)cccc4C3N=N2)cc1. The van der Waals surface area contributed by atoms with Crippen molar-refractivity contribution in [2.24, 2.45) is 16.1 Å². The van der Waals surface area contributed by atoms with Crippen molar-refractivity contribution in [1.29, 1.82) is 0 Å². The molecule has 0 radical (unpaired) electrons. The molecule has 1 amide bonds. The molecule has 2 aliphatic rings. The molecule has 0 spiro atoms. The quantitative estimate of drug-likeness (QED) is 0.876. The van der Waals surface area contributed by atoms with Crippen LogP contribution in [-0.2, 0) is 4.79 Å². The van der Waals surface area contributed by atoms with Crippen LogP contribution in [0.5, 0.6) is 5.75 Å². The molecule has 1 heterocycles. The smallest absolute Gasteiger partial charge is 0.226 e. The van der Waals surface area contributed by atoms with E-state index in [1.807, 2.05) is 50.2 Å². The maximum Gasteiger partial charge on any atom is 0.226 e. The van der Waals surface area contributed by atoms with Gasteiger partial charge in [-0.1, -0.05) is 26.0 Å². The topological polar surface area (TPSA) is 80.1 Å². The lowest BCUT2D eigenvalue weighted by atomic mass is 10.0. The van der Waals surface area contributed by atoms with Gasteiger partial charge in [0.1, 0.15) is 17.5 Å². The van der Waals surface area contributed by atoms with Gasteiger partial charge in [-0.05, 0) is 35.9 Å². The average Bonchev–Trinajstić information content (AvgIpc) is 3.22. The lowest BCUT2D eigenvalue weighted by Crippen LogP contribution is -2.19. The molecule has 0 bridgehead atoms. The van der Waals surface area contributed by atoms with Gasteiger partial charge in [-0.15, -0.1) is 0 Å². The lowest BCUT2D eigenvalue weighted by Gasteiger charge is -2.11. The van der Waals surface area contributed by atoms with Crippen LogP contribution in [0.3, 0.4) is 0 Å². The van der Waals surface area contributed by atoms with Crippen molar-refractivity contribution in [3.63, 3.8) is 0 Å². The summed E-state index contributed by atoms with van der Waals surface area (Å²) in [5.41, 5.74) is 3.76. The highest BCUT2D eigenvalue weighted by atomic mass is 16.5. The molecule has 0 saturated carbocycles. The molecule has 1 N–H and O–H groups in total. The van der Waals surface area contributed by atoms with Crippen molar-refractivity contribution in [1.82, 2.24) is 0 Å². The molecule has 1 aliphatic carbocycles. The van der Waals surface area contributed by atoms with Crippen molar-refractivity contribution in [2.45, 2.75) is 19.9 Å². The molecule has 27 heavy (non-hydrogen) atoms. The number of hydrogen-bond acceptors (Lipinski definition) is 5. The Morgan fingerprint density at radius 1 is 1.15 bits per heavy atom. The second-order valence-electron chi connectivity index (χ2n) is 6.85. The summed E-state index contributed by atoms with van der Waals surface area (Å²) < 4.78 is 5.18. The first-order valence-electron chi connectivity index (χ1n) is 8.79. The van der Waals surface area contributed by atoms with Crippen LogP contribution in [0.15, 0.2) is 58.3 Å². The maximum absolute atomic E-state index is 13.2. The van der Waals surface area contributed by atoms with Gasteiger partial charge >= 0.3 is 0 Å². The zero-order valence-electron chi connectivity index (χ0n) is 15.3. The predicted molar refractivity (Wildman–Crippen MR) is 102 cm³/mol. The third kappa shape index (κ3) is 2.73. The molecule has 1 atom stereocenters. The van der Waals surface area contributed by atoms with Crippen LogP contribution in [0.2, 0.25) is 0 Å². The fourth-order valence-corrected chi connectivity index (χ4v) is 3.34. The summed E-state index contributed by atoms with van der Waals surface area (Å²) >= 11 is 0. The van der Waals surface area contributed by atoms with Crippen LogP contribution in [0, 0.1) is 5.92 Å². The van der Waals surface area contributed by atoms with E-state index in [0.717, 1.165) is 16.9 Å². The first-order valence-corrected chi connectivity index (χ1v) is 8.79. The van der Waals surface area contributed by atoms with Gasteiger partial charge in [-0.25, -0.2) is 0 Å². The van der Waals surface area contributed by atoms with E-state index >= 15 is 0 Å². The molecule has 0 aromatic heterocycles. The van der Waals surface area contributed by atoms with E-state index in [0.29, 0.717) is 22.5 Å². The second-order valence-corrected chi connectivity index (χ2v) is 6.85. The van der Waals surface area contributed by atoms with Crippen LogP contribution in [-0.4, -0.2) is 18.8 Å². The van der Waals surface area contributed by atoms with Crippen molar-refractivity contribution in [3.05, 3.63) is 64.7 Å². The average molecular weight is 361 g/mol. The normalized spacial score (nSPS) is 17.3. The highest BCUT2D eigenvalue weighted by molar-refractivity contribution is 6.22. The number of carbonyl (C=O) groups is 2. The fraction of sp³-hybridized carbons (Fsp3) is 0.238. The third-order valence-corrected chi connectivity index (χ3v) is 4.81. The summed E-state index contributed by atoms with van der Waals surface area (Å²) in [4.78, 5) is 25.3. The number of methoxy groups -OCH3 is 1. The van der Waals surface area contributed by atoms with Crippen molar-refractivity contribution >= 4 is 23.1 Å². The minimum atomic E-state index is -0.416. The predicted octanol–water partition coefficient (Wildman–Crippen LogP) is 4.40. The number of carbonyl (C=O) groups excluding carboxylic acids is 2. The zero-order chi connectivity index (χ0) is 19.1. The molecule has 0 saturated heterocycles. The summed E-state index contributed by atoms with van der Waals surface area (Å²) in [6.07, 6.45) is 0. The molecule has 1 aliphatic heterocycles. The first kappa shape index (κ1) is 17.1. The first-order chi connectivity index (χ1) is 13.0. The Labute approximate surface area is 157 Å². The number of nitrogens with zero attached hydrogens (tertiary/aromatic N) is 2. The lowest BCUT2D eigenvalue weighted by molar-refractivity contribution is -0.118. The number of benzene rings is 2. The van der Waals surface area contributed by atoms with E-state index in [1.54, 1.807) is 13.2 Å². The minimum Gasteiger partial charge on any atom is -0.497 e. The van der Waals surface area contributed by atoms with Crippen LogP contribution in [0.4, 0.5) is 5.69 Å². The zero-order valence-corrected chi connectivity index (χ0v) is 15.3. The Hall–Kier alpha value is -3.28. The van der Waals surface area contributed by atoms with E-state index in [2.05, 4.69) is 15.5 Å². The number of hydrogen-bond donors (Lipinski definition) is 1. The Balaban J connectivity index is 1.77. The number of nitrogens with one attached hydrogen (secondary N) is 1. The molecule has 6 heteroatoms. The van der Waals surface area contributed by atoms with Gasteiger partial charge in [0.15, 0.2) is 5.78 Å². The number of amides is 1. The number of Topliss-reactive ketones (excluding diaryl/α,β-unsaturated/α-hetero) is 1. The molecule has 2 aromatic rings. The highest BCUT2D eigenvalue weighted by Gasteiger charge is 2.42. The van der Waals surface area contributed by atoms with Gasteiger partial charge in [0.05, 0.1) is 23.9 Å². The number of ketones is 1. The maximum atomic E-state index is 13.2. The van der Waals surface area contributed by atoms with Crippen molar-refractivity contribution < 1.29 is 14.3 Å². The Morgan fingerprint density at radius 3 is 2.56 bits per heavy atom. The Bertz CT molecular complexity index is 1000. The van der Waals surface area contributed by atoms with Crippen LogP contribution in [0.1, 0.15) is 41.4 Å². The van der Waals surface area contributed by atoms with Gasteiger partial charge < -0.3 is 10.1 Å². The molecular weight excluding hydrogens is 342 g/mol. The summed E-state index contributed by atoms with van der Waals surface area (Å²) in [5, 5.41) is 11.5. The van der Waals surface area contributed by atoms with Gasteiger partial charge in [0.25, 0.3) is 0 Å². The summed E-state index contributed by atoms with van der Waals surface area (Å²) in [5.74, 6) is 0.297. The van der Waals surface area contributed by atoms with E-state index in [1.165, 1.54) is 0 Å². The molecule has 0 fully saturated rings. The Morgan fingerprint density at radius 2 is 1.89 bits per heavy atom. The summed E-state index contributed by atoms with van der Waals surface area (Å²) in [6.45, 7) is 3.63. The monoisotopic (exact) mass is 361 g/mol. The van der Waals surface area contributed by atoms with Gasteiger partial charge in [0, 0.05) is 11.5 Å². The number of rotatable bonds is 4. The standard InChI is InChI=1S/C21H19N3O3/c1-11(2)21(26)22-15-6-4-5-14-16(15)20(25)17-18(23-24-19(14)17)12-7-9-13(27-3)10-8-12/h4-11,19H,1-3H3,(H,22,26). The number of anilines is 1. The third-order valence-electron chi connectivity index (χ3n) is 4.81. The fourth-order valence-electron chi connectivity index (χ4n) is 3.34. The Kier molecular flexibility index (Phi) is 4.11. The van der Waals surface area contributed by atoms with E-state index in [4.69, 9.17) is 4.74 Å². The molecule has 4 rings (SSSR count). The van der Waals surface area contributed by atoms with Gasteiger partial charge in [-0.3, -0.25) is 9.59 Å².